The van der Waals surface area contributed by atoms with E-state index in [1.165, 1.54) is 6.07 Å². The fourth-order valence-corrected chi connectivity index (χ4v) is 2.02. The highest BCUT2D eigenvalue weighted by atomic mass is 79.9. The Labute approximate surface area is 114 Å². The molecule has 2 rings (SSSR count). The smallest absolute Gasteiger partial charge is 0.133 e. The van der Waals surface area contributed by atoms with Crippen LogP contribution in [0.15, 0.2) is 28.9 Å². The number of H-pyrrole nitrogens is 1. The number of nitrogens with one attached hydrogen (secondary N) is 2. The first kappa shape index (κ1) is 13.2. The van der Waals surface area contributed by atoms with E-state index < -0.39 is 0 Å². The Hall–Kier alpha value is -1.20. The molecule has 5 heteroatoms. The lowest BCUT2D eigenvalue weighted by Gasteiger charge is -2.09. The molecule has 96 valence electrons. The van der Waals surface area contributed by atoms with Crippen LogP contribution in [0.3, 0.4) is 0 Å². The maximum atomic E-state index is 13.9. The molecule has 0 fully saturated rings. The summed E-state index contributed by atoms with van der Waals surface area (Å²) in [5.74, 6) is -0.264. The maximum Gasteiger partial charge on any atom is 0.133 e. The Morgan fingerprint density at radius 1 is 1.44 bits per heavy atom. The number of benzene rings is 1. The molecule has 0 amide bonds. The zero-order chi connectivity index (χ0) is 13.1. The minimum Gasteiger partial charge on any atom is -0.310 e. The van der Waals surface area contributed by atoms with Gasteiger partial charge in [0.2, 0.25) is 0 Å². The number of halogens is 2. The van der Waals surface area contributed by atoms with Gasteiger partial charge in [0, 0.05) is 28.2 Å². The Bertz CT molecular complexity index is 537. The van der Waals surface area contributed by atoms with E-state index in [1.807, 2.05) is 6.07 Å². The van der Waals surface area contributed by atoms with Gasteiger partial charge in [-0.05, 0) is 18.2 Å². The summed E-state index contributed by atoms with van der Waals surface area (Å²) in [6.45, 7) is 4.80. The lowest BCUT2D eigenvalue weighted by Crippen LogP contribution is -2.21. The molecule has 0 unspecified atom stereocenters. The lowest BCUT2D eigenvalue weighted by molar-refractivity contribution is 0.589. The zero-order valence-electron chi connectivity index (χ0n) is 10.3. The van der Waals surface area contributed by atoms with E-state index in [1.54, 1.807) is 12.3 Å². The molecule has 1 aromatic heterocycles. The topological polar surface area (TPSA) is 40.7 Å². The van der Waals surface area contributed by atoms with Gasteiger partial charge in [0.1, 0.15) is 5.82 Å². The first-order chi connectivity index (χ1) is 8.58. The van der Waals surface area contributed by atoms with Crippen LogP contribution in [0.5, 0.6) is 0 Å². The highest BCUT2D eigenvalue weighted by Gasteiger charge is 2.12. The predicted octanol–water partition coefficient (Wildman–Crippen LogP) is 3.48. The number of nitrogens with zero attached hydrogens (tertiary/aromatic N) is 1. The van der Waals surface area contributed by atoms with Crippen molar-refractivity contribution in [3.05, 3.63) is 40.2 Å². The van der Waals surface area contributed by atoms with Crippen molar-refractivity contribution in [1.29, 1.82) is 0 Å². The van der Waals surface area contributed by atoms with Crippen LogP contribution in [0.2, 0.25) is 0 Å². The molecular weight excluding hydrogens is 297 g/mol. The van der Waals surface area contributed by atoms with Crippen LogP contribution in [-0.2, 0) is 6.54 Å². The number of hydrogen-bond acceptors (Lipinski definition) is 2. The molecule has 0 aliphatic rings. The van der Waals surface area contributed by atoms with Crippen LogP contribution in [0.4, 0.5) is 4.39 Å². The summed E-state index contributed by atoms with van der Waals surface area (Å²) in [5, 5.41) is 10.2. The van der Waals surface area contributed by atoms with Gasteiger partial charge in [-0.1, -0.05) is 29.8 Å². The van der Waals surface area contributed by atoms with Gasteiger partial charge in [-0.15, -0.1) is 0 Å². The van der Waals surface area contributed by atoms with Crippen LogP contribution in [0, 0.1) is 5.82 Å². The van der Waals surface area contributed by atoms with Crippen molar-refractivity contribution >= 4 is 15.9 Å². The van der Waals surface area contributed by atoms with Crippen molar-refractivity contribution in [2.24, 2.45) is 0 Å². The van der Waals surface area contributed by atoms with Crippen LogP contribution in [0.1, 0.15) is 19.4 Å². The highest BCUT2D eigenvalue weighted by molar-refractivity contribution is 9.10. The van der Waals surface area contributed by atoms with Gasteiger partial charge in [-0.2, -0.15) is 5.10 Å². The van der Waals surface area contributed by atoms with E-state index in [9.17, 15) is 4.39 Å². The van der Waals surface area contributed by atoms with Gasteiger partial charge in [-0.25, -0.2) is 4.39 Å². The third kappa shape index (κ3) is 2.97. The second-order valence-corrected chi connectivity index (χ2v) is 5.35. The minimum atomic E-state index is -0.264. The summed E-state index contributed by atoms with van der Waals surface area (Å²) in [7, 11) is 0. The van der Waals surface area contributed by atoms with Crippen molar-refractivity contribution < 1.29 is 4.39 Å². The zero-order valence-corrected chi connectivity index (χ0v) is 11.9. The number of rotatable bonds is 4. The van der Waals surface area contributed by atoms with Crippen molar-refractivity contribution in [2.45, 2.75) is 26.4 Å². The van der Waals surface area contributed by atoms with Gasteiger partial charge in [0.05, 0.1) is 11.9 Å². The largest absolute Gasteiger partial charge is 0.310 e. The SMILES string of the molecule is CC(C)NCc1cn[nH]c1-c1ccc(Br)cc1F. The summed E-state index contributed by atoms with van der Waals surface area (Å²) in [4.78, 5) is 0. The fourth-order valence-electron chi connectivity index (χ4n) is 1.68. The Morgan fingerprint density at radius 2 is 2.22 bits per heavy atom. The van der Waals surface area contributed by atoms with E-state index in [4.69, 9.17) is 0 Å². The monoisotopic (exact) mass is 311 g/mol. The summed E-state index contributed by atoms with van der Waals surface area (Å²) in [5.41, 5.74) is 2.23. The first-order valence-corrected chi connectivity index (χ1v) is 6.58. The summed E-state index contributed by atoms with van der Waals surface area (Å²) in [6.07, 6.45) is 1.73. The fraction of sp³-hybridized carbons (Fsp3) is 0.308. The molecule has 0 bridgehead atoms. The molecule has 2 aromatic rings. The summed E-state index contributed by atoms with van der Waals surface area (Å²) < 4.78 is 14.6. The van der Waals surface area contributed by atoms with Crippen molar-refractivity contribution in [1.82, 2.24) is 15.5 Å². The molecule has 0 saturated heterocycles. The van der Waals surface area contributed by atoms with E-state index in [2.05, 4.69) is 45.3 Å². The van der Waals surface area contributed by atoms with Gasteiger partial charge >= 0.3 is 0 Å². The van der Waals surface area contributed by atoms with E-state index in [0.29, 0.717) is 18.2 Å². The standard InChI is InChI=1S/C13H15BrFN3/c1-8(2)16-6-9-7-17-18-13(9)11-4-3-10(14)5-12(11)15/h3-5,7-8,16H,6H2,1-2H3,(H,17,18). The van der Waals surface area contributed by atoms with Crippen molar-refractivity contribution in [3.8, 4) is 11.3 Å². The van der Waals surface area contributed by atoms with Gasteiger partial charge < -0.3 is 5.32 Å². The average Bonchev–Trinajstić information content (AvgIpc) is 2.74. The first-order valence-electron chi connectivity index (χ1n) is 5.79. The molecule has 0 spiro atoms. The number of aromatic nitrogens is 2. The van der Waals surface area contributed by atoms with Crippen LogP contribution in [-0.4, -0.2) is 16.2 Å². The van der Waals surface area contributed by atoms with Crippen molar-refractivity contribution in [2.75, 3.05) is 0 Å². The summed E-state index contributed by atoms with van der Waals surface area (Å²) in [6, 6.07) is 5.39. The molecule has 3 nitrogen and oxygen atoms in total. The Morgan fingerprint density at radius 3 is 2.89 bits per heavy atom. The normalized spacial score (nSPS) is 11.2. The highest BCUT2D eigenvalue weighted by Crippen LogP contribution is 2.26. The number of aromatic amines is 1. The van der Waals surface area contributed by atoms with Gasteiger partial charge in [0.15, 0.2) is 0 Å². The summed E-state index contributed by atoms with van der Waals surface area (Å²) >= 11 is 3.25. The van der Waals surface area contributed by atoms with Gasteiger partial charge in [-0.3, -0.25) is 5.10 Å². The minimum absolute atomic E-state index is 0.264. The van der Waals surface area contributed by atoms with Crippen LogP contribution < -0.4 is 5.32 Å². The maximum absolute atomic E-state index is 13.9. The van der Waals surface area contributed by atoms with E-state index in [0.717, 1.165) is 15.7 Å². The van der Waals surface area contributed by atoms with E-state index >= 15 is 0 Å². The molecule has 0 atom stereocenters. The molecular formula is C13H15BrFN3. The molecule has 0 aliphatic carbocycles. The molecule has 1 aromatic carbocycles. The number of hydrogen-bond donors (Lipinski definition) is 2. The molecule has 0 saturated carbocycles. The van der Waals surface area contributed by atoms with Gasteiger partial charge in [0.25, 0.3) is 0 Å². The molecule has 0 radical (unpaired) electrons. The third-order valence-electron chi connectivity index (χ3n) is 2.62. The second-order valence-electron chi connectivity index (χ2n) is 4.43. The molecule has 1 heterocycles. The lowest BCUT2D eigenvalue weighted by atomic mass is 10.1. The van der Waals surface area contributed by atoms with Crippen molar-refractivity contribution in [3.63, 3.8) is 0 Å². The van der Waals surface area contributed by atoms with E-state index in [-0.39, 0.29) is 5.82 Å². The molecule has 2 N–H and O–H groups in total. The quantitative estimate of drug-likeness (QED) is 0.907. The Balaban J connectivity index is 2.30. The predicted molar refractivity (Wildman–Crippen MR) is 73.7 cm³/mol. The third-order valence-corrected chi connectivity index (χ3v) is 3.11. The molecule has 18 heavy (non-hydrogen) atoms. The average molecular weight is 312 g/mol. The second kappa shape index (κ2) is 5.63. The Kier molecular flexibility index (Phi) is 4.14. The van der Waals surface area contributed by atoms with Crippen LogP contribution >= 0.6 is 15.9 Å². The van der Waals surface area contributed by atoms with Crippen LogP contribution in [0.25, 0.3) is 11.3 Å². The molecule has 0 aliphatic heterocycles.